The third-order valence-electron chi connectivity index (χ3n) is 3.14. The Kier molecular flexibility index (Phi) is 7.42. The zero-order valence-corrected chi connectivity index (χ0v) is 13.4. The Labute approximate surface area is 128 Å². The number of anilines is 1. The van der Waals surface area contributed by atoms with Crippen LogP contribution in [0.4, 0.5) is 5.69 Å². The van der Waals surface area contributed by atoms with Gasteiger partial charge in [0.05, 0.1) is 10.7 Å². The Morgan fingerprint density at radius 3 is 2.79 bits per heavy atom. The Bertz CT molecular complexity index is 426. The molecule has 0 aliphatic rings. The van der Waals surface area contributed by atoms with Gasteiger partial charge < -0.3 is 11.1 Å². The molecule has 0 heterocycles. The van der Waals surface area contributed by atoms with Crippen LogP contribution in [-0.4, -0.2) is 12.5 Å². The molecule has 0 aliphatic heterocycles. The van der Waals surface area contributed by atoms with Gasteiger partial charge in [-0.3, -0.25) is 4.79 Å². The highest BCUT2D eigenvalue weighted by molar-refractivity contribution is 9.10. The molecular weight excluding hydrogens is 328 g/mol. The van der Waals surface area contributed by atoms with Gasteiger partial charge in [0.15, 0.2) is 0 Å². The number of amides is 1. The molecule has 3 N–H and O–H groups in total. The first kappa shape index (κ1) is 16.5. The van der Waals surface area contributed by atoms with Crippen molar-refractivity contribution in [2.45, 2.75) is 32.6 Å². The van der Waals surface area contributed by atoms with Crippen molar-refractivity contribution >= 4 is 39.1 Å². The average molecular weight is 348 g/mol. The predicted molar refractivity (Wildman–Crippen MR) is 84.5 cm³/mol. The van der Waals surface area contributed by atoms with Gasteiger partial charge in [-0.1, -0.05) is 40.9 Å². The Morgan fingerprint density at radius 2 is 2.21 bits per heavy atom. The molecule has 0 saturated heterocycles. The first-order chi connectivity index (χ1) is 9.06. The molecule has 106 valence electrons. The van der Waals surface area contributed by atoms with Gasteiger partial charge in [-0.25, -0.2) is 0 Å². The maximum absolute atomic E-state index is 11.9. The van der Waals surface area contributed by atoms with E-state index in [4.69, 9.17) is 17.3 Å². The lowest BCUT2D eigenvalue weighted by molar-refractivity contribution is -0.116. The molecule has 1 aromatic carbocycles. The summed E-state index contributed by atoms with van der Waals surface area (Å²) in [6.45, 7) is 2.81. The summed E-state index contributed by atoms with van der Waals surface area (Å²) in [6, 6.07) is 5.41. The van der Waals surface area contributed by atoms with Crippen LogP contribution < -0.4 is 11.1 Å². The van der Waals surface area contributed by atoms with Gasteiger partial charge in [-0.15, -0.1) is 0 Å². The summed E-state index contributed by atoms with van der Waals surface area (Å²) in [7, 11) is 0. The second-order valence-electron chi connectivity index (χ2n) is 4.56. The molecule has 0 spiro atoms. The minimum absolute atomic E-state index is 0.000283. The molecule has 0 fully saturated rings. The highest BCUT2D eigenvalue weighted by Gasteiger charge is 2.10. The Morgan fingerprint density at radius 1 is 1.47 bits per heavy atom. The van der Waals surface area contributed by atoms with Gasteiger partial charge in [0, 0.05) is 10.9 Å². The van der Waals surface area contributed by atoms with E-state index in [1.807, 2.05) is 6.07 Å². The summed E-state index contributed by atoms with van der Waals surface area (Å²) >= 11 is 9.38. The lowest BCUT2D eigenvalue weighted by atomic mass is 9.96. The van der Waals surface area contributed by atoms with Gasteiger partial charge in [0.1, 0.15) is 0 Å². The van der Waals surface area contributed by atoms with Crippen LogP contribution in [0, 0.1) is 5.92 Å². The fourth-order valence-electron chi connectivity index (χ4n) is 1.93. The first-order valence-corrected chi connectivity index (χ1v) is 7.68. The van der Waals surface area contributed by atoms with Crippen LogP contribution >= 0.6 is 27.5 Å². The maximum atomic E-state index is 11.9. The fraction of sp³-hybridized carbons (Fsp3) is 0.500. The molecule has 0 radical (unpaired) electrons. The van der Waals surface area contributed by atoms with E-state index < -0.39 is 0 Å². The predicted octanol–water partition coefficient (Wildman–Crippen LogP) is 4.20. The van der Waals surface area contributed by atoms with Crippen molar-refractivity contribution in [3.63, 3.8) is 0 Å². The third-order valence-corrected chi connectivity index (χ3v) is 3.94. The molecule has 0 aromatic heterocycles. The van der Waals surface area contributed by atoms with Crippen LogP contribution in [0.3, 0.4) is 0 Å². The van der Waals surface area contributed by atoms with E-state index in [9.17, 15) is 4.79 Å². The van der Waals surface area contributed by atoms with Crippen molar-refractivity contribution in [1.29, 1.82) is 0 Å². The Balaban J connectivity index is 2.46. The first-order valence-electron chi connectivity index (χ1n) is 6.51. The molecule has 0 saturated carbocycles. The van der Waals surface area contributed by atoms with E-state index in [0.29, 0.717) is 29.6 Å². The summed E-state index contributed by atoms with van der Waals surface area (Å²) in [5, 5.41) is 3.37. The van der Waals surface area contributed by atoms with E-state index in [-0.39, 0.29) is 5.91 Å². The second kappa shape index (κ2) is 8.56. The second-order valence-corrected chi connectivity index (χ2v) is 5.89. The summed E-state index contributed by atoms with van der Waals surface area (Å²) in [4.78, 5) is 11.9. The molecule has 1 amide bonds. The normalized spacial score (nSPS) is 12.2. The number of hydrogen-bond acceptors (Lipinski definition) is 2. The van der Waals surface area contributed by atoms with Gasteiger partial charge in [-0.2, -0.15) is 0 Å². The molecule has 3 nitrogen and oxygen atoms in total. The number of nitrogens with two attached hydrogens (primary N) is 1. The third kappa shape index (κ3) is 5.93. The number of carbonyl (C=O) groups is 1. The van der Waals surface area contributed by atoms with E-state index in [2.05, 4.69) is 28.2 Å². The topological polar surface area (TPSA) is 55.1 Å². The molecule has 0 bridgehead atoms. The van der Waals surface area contributed by atoms with Crippen molar-refractivity contribution in [3.05, 3.63) is 27.7 Å². The lowest BCUT2D eigenvalue weighted by Gasteiger charge is -2.13. The number of nitrogens with one attached hydrogen (secondary N) is 1. The van der Waals surface area contributed by atoms with Gasteiger partial charge >= 0.3 is 0 Å². The molecular formula is C14H20BrClN2O. The summed E-state index contributed by atoms with van der Waals surface area (Å²) in [6.07, 6.45) is 3.41. The zero-order chi connectivity index (χ0) is 14.3. The summed E-state index contributed by atoms with van der Waals surface area (Å²) < 4.78 is 0.893. The van der Waals surface area contributed by atoms with Crippen LogP contribution in [0.25, 0.3) is 0 Å². The van der Waals surface area contributed by atoms with Crippen molar-refractivity contribution in [1.82, 2.24) is 0 Å². The summed E-state index contributed by atoms with van der Waals surface area (Å²) in [5.74, 6) is 0.524. The number of hydrogen-bond donors (Lipinski definition) is 2. The van der Waals surface area contributed by atoms with Crippen molar-refractivity contribution in [3.8, 4) is 0 Å². The largest absolute Gasteiger partial charge is 0.330 e. The van der Waals surface area contributed by atoms with Gasteiger partial charge in [0.25, 0.3) is 0 Å². The molecule has 1 aromatic rings. The standard InChI is InChI=1S/C14H20BrClN2O/c1-2-10(7-8-17)3-6-14(19)18-13-5-4-11(15)9-12(13)16/h4-5,9-10H,2-3,6-8,17H2,1H3,(H,18,19). The molecule has 0 aliphatic carbocycles. The monoisotopic (exact) mass is 346 g/mol. The maximum Gasteiger partial charge on any atom is 0.224 e. The minimum Gasteiger partial charge on any atom is -0.330 e. The van der Waals surface area contributed by atoms with E-state index in [1.165, 1.54) is 0 Å². The highest BCUT2D eigenvalue weighted by atomic mass is 79.9. The zero-order valence-electron chi connectivity index (χ0n) is 11.1. The highest BCUT2D eigenvalue weighted by Crippen LogP contribution is 2.26. The number of halogens is 2. The number of carbonyl (C=O) groups excluding carboxylic acids is 1. The van der Waals surface area contributed by atoms with Gasteiger partial charge in [-0.05, 0) is 43.5 Å². The van der Waals surface area contributed by atoms with Crippen molar-refractivity contribution in [2.75, 3.05) is 11.9 Å². The van der Waals surface area contributed by atoms with Crippen LogP contribution in [0.15, 0.2) is 22.7 Å². The van der Waals surface area contributed by atoms with Crippen molar-refractivity contribution in [2.24, 2.45) is 11.7 Å². The number of rotatable bonds is 7. The fourth-order valence-corrected chi connectivity index (χ4v) is 2.65. The number of benzene rings is 1. The van der Waals surface area contributed by atoms with Crippen LogP contribution in [-0.2, 0) is 4.79 Å². The van der Waals surface area contributed by atoms with Crippen LogP contribution in [0.2, 0.25) is 5.02 Å². The lowest BCUT2D eigenvalue weighted by Crippen LogP contribution is -2.15. The quantitative estimate of drug-likeness (QED) is 0.777. The van der Waals surface area contributed by atoms with Gasteiger partial charge in [0.2, 0.25) is 5.91 Å². The van der Waals surface area contributed by atoms with Crippen molar-refractivity contribution < 1.29 is 4.79 Å². The van der Waals surface area contributed by atoms with Crippen LogP contribution in [0.1, 0.15) is 32.6 Å². The molecule has 1 unspecified atom stereocenters. The van der Waals surface area contributed by atoms with Crippen LogP contribution in [0.5, 0.6) is 0 Å². The average Bonchev–Trinajstić information content (AvgIpc) is 2.38. The summed E-state index contributed by atoms with van der Waals surface area (Å²) in [5.41, 5.74) is 6.20. The molecule has 5 heteroatoms. The molecule has 19 heavy (non-hydrogen) atoms. The minimum atomic E-state index is -0.000283. The molecule has 1 atom stereocenters. The van der Waals surface area contributed by atoms with E-state index in [1.54, 1.807) is 12.1 Å². The van der Waals surface area contributed by atoms with E-state index in [0.717, 1.165) is 23.7 Å². The smallest absolute Gasteiger partial charge is 0.224 e. The SMILES string of the molecule is CCC(CCN)CCC(=O)Nc1ccc(Br)cc1Cl. The molecule has 1 rings (SSSR count). The Hall–Kier alpha value is -0.580. The van der Waals surface area contributed by atoms with E-state index >= 15 is 0 Å².